The fourth-order valence-electron chi connectivity index (χ4n) is 2.76. The van der Waals surface area contributed by atoms with Gasteiger partial charge in [0.25, 0.3) is 0 Å². The van der Waals surface area contributed by atoms with Crippen molar-refractivity contribution in [1.29, 1.82) is 0 Å². The van der Waals surface area contributed by atoms with Crippen LogP contribution in [0, 0.1) is 0 Å². The van der Waals surface area contributed by atoms with Crippen LogP contribution in [0.25, 0.3) is 0 Å². The molecule has 5 heteroatoms. The molecule has 0 aromatic carbocycles. The summed E-state index contributed by atoms with van der Waals surface area (Å²) in [4.78, 5) is 11.8. The summed E-state index contributed by atoms with van der Waals surface area (Å²) < 4.78 is 11.3. The van der Waals surface area contributed by atoms with Crippen LogP contribution in [0.15, 0.2) is 0 Å². The van der Waals surface area contributed by atoms with Gasteiger partial charge in [0.2, 0.25) is 5.91 Å². The smallest absolute Gasteiger partial charge is 0.237 e. The molecular formula is C15H28N2O3. The Morgan fingerprint density at radius 2 is 2.10 bits per heavy atom. The summed E-state index contributed by atoms with van der Waals surface area (Å²) in [7, 11) is 1.72. The van der Waals surface area contributed by atoms with Crippen molar-refractivity contribution in [2.45, 2.75) is 75.7 Å². The number of hydrogen-bond donors (Lipinski definition) is 2. The maximum absolute atomic E-state index is 11.8. The molecule has 116 valence electrons. The van der Waals surface area contributed by atoms with Crippen LogP contribution in [0.5, 0.6) is 0 Å². The number of nitrogens with one attached hydrogen (secondary N) is 1. The zero-order valence-electron chi connectivity index (χ0n) is 12.9. The largest absolute Gasteiger partial charge is 0.379 e. The lowest BCUT2D eigenvalue weighted by molar-refractivity contribution is -0.124. The maximum Gasteiger partial charge on any atom is 0.237 e. The molecule has 0 aromatic rings. The van der Waals surface area contributed by atoms with E-state index in [4.69, 9.17) is 15.2 Å². The number of ether oxygens (including phenoxy) is 2. The average molecular weight is 284 g/mol. The quantitative estimate of drug-likeness (QED) is 0.705. The number of carbonyl (C=O) groups excluding carboxylic acids is 1. The summed E-state index contributed by atoms with van der Waals surface area (Å²) in [6.45, 7) is 4.75. The summed E-state index contributed by atoms with van der Waals surface area (Å²) in [6.07, 6.45) is 5.67. The van der Waals surface area contributed by atoms with Gasteiger partial charge in [-0.05, 0) is 46.0 Å². The van der Waals surface area contributed by atoms with Crippen molar-refractivity contribution in [3.63, 3.8) is 0 Å². The first-order valence-electron chi connectivity index (χ1n) is 7.61. The molecule has 2 aliphatic carbocycles. The van der Waals surface area contributed by atoms with E-state index in [1.807, 2.05) is 13.8 Å². The zero-order chi connectivity index (χ0) is 14.8. The van der Waals surface area contributed by atoms with E-state index in [9.17, 15) is 4.79 Å². The van der Waals surface area contributed by atoms with Crippen LogP contribution in [0.3, 0.4) is 0 Å². The molecule has 0 aromatic heterocycles. The Morgan fingerprint density at radius 1 is 1.40 bits per heavy atom. The molecule has 0 heterocycles. The minimum Gasteiger partial charge on any atom is -0.379 e. The third kappa shape index (κ3) is 3.93. The number of amides is 1. The first-order valence-corrected chi connectivity index (χ1v) is 7.61. The highest BCUT2D eigenvalue weighted by Gasteiger charge is 2.47. The van der Waals surface area contributed by atoms with Crippen molar-refractivity contribution in [2.75, 3.05) is 13.7 Å². The molecule has 2 aliphatic rings. The van der Waals surface area contributed by atoms with Gasteiger partial charge < -0.3 is 20.5 Å². The highest BCUT2D eigenvalue weighted by atomic mass is 16.5. The summed E-state index contributed by atoms with van der Waals surface area (Å²) in [5, 5.41) is 3.43. The number of carbonyl (C=O) groups is 1. The second-order valence-electron chi connectivity index (χ2n) is 6.81. The number of rotatable bonds is 8. The van der Waals surface area contributed by atoms with Crippen molar-refractivity contribution in [2.24, 2.45) is 5.73 Å². The molecular weight excluding hydrogens is 256 g/mol. The Kier molecular flexibility index (Phi) is 4.72. The molecule has 0 saturated heterocycles. The van der Waals surface area contributed by atoms with Gasteiger partial charge in [-0.15, -0.1) is 0 Å². The van der Waals surface area contributed by atoms with E-state index in [0.29, 0.717) is 19.1 Å². The summed E-state index contributed by atoms with van der Waals surface area (Å²) in [5.74, 6) is -0.229. The van der Waals surface area contributed by atoms with E-state index < -0.39 is 5.54 Å². The highest BCUT2D eigenvalue weighted by Crippen LogP contribution is 2.35. The molecule has 0 aliphatic heterocycles. The average Bonchev–Trinajstić information content (AvgIpc) is 3.09. The van der Waals surface area contributed by atoms with Crippen molar-refractivity contribution < 1.29 is 14.3 Å². The van der Waals surface area contributed by atoms with Gasteiger partial charge in [-0.3, -0.25) is 4.79 Å². The summed E-state index contributed by atoms with van der Waals surface area (Å²) in [5.41, 5.74) is 4.91. The number of primary amides is 1. The second kappa shape index (κ2) is 6.00. The van der Waals surface area contributed by atoms with E-state index in [2.05, 4.69) is 5.32 Å². The number of nitrogens with two attached hydrogens (primary N) is 1. The van der Waals surface area contributed by atoms with Crippen LogP contribution in [0.1, 0.15) is 52.4 Å². The van der Waals surface area contributed by atoms with Crippen LogP contribution in [0.4, 0.5) is 0 Å². The minimum absolute atomic E-state index is 0.126. The predicted molar refractivity (Wildman–Crippen MR) is 77.4 cm³/mol. The Bertz CT molecular complexity index is 355. The van der Waals surface area contributed by atoms with Gasteiger partial charge in [-0.1, -0.05) is 0 Å². The monoisotopic (exact) mass is 284 g/mol. The molecule has 0 bridgehead atoms. The van der Waals surface area contributed by atoms with E-state index in [1.165, 1.54) is 0 Å². The van der Waals surface area contributed by atoms with Crippen LogP contribution < -0.4 is 11.1 Å². The number of hydrogen-bond acceptors (Lipinski definition) is 4. The Labute approximate surface area is 121 Å². The van der Waals surface area contributed by atoms with Gasteiger partial charge in [0.05, 0.1) is 11.7 Å². The molecule has 5 nitrogen and oxygen atoms in total. The topological polar surface area (TPSA) is 73.6 Å². The van der Waals surface area contributed by atoms with Gasteiger partial charge in [-0.25, -0.2) is 0 Å². The lowest BCUT2D eigenvalue weighted by Gasteiger charge is -2.27. The molecule has 20 heavy (non-hydrogen) atoms. The molecule has 0 spiro atoms. The summed E-state index contributed by atoms with van der Waals surface area (Å²) >= 11 is 0. The molecule has 3 N–H and O–H groups in total. The van der Waals surface area contributed by atoms with Gasteiger partial charge in [0.15, 0.2) is 0 Å². The van der Waals surface area contributed by atoms with Gasteiger partial charge >= 0.3 is 0 Å². The summed E-state index contributed by atoms with van der Waals surface area (Å²) in [6, 6.07) is 0.480. The number of methoxy groups -OCH3 is 1. The SMILES string of the molecule is COC(C)(C)CCOC1CCC(NC2CC2)(C(N)=O)C1. The molecule has 2 unspecified atom stereocenters. The normalized spacial score (nSPS) is 30.6. The van der Waals surface area contributed by atoms with Crippen LogP contribution >= 0.6 is 0 Å². The zero-order valence-corrected chi connectivity index (χ0v) is 12.9. The van der Waals surface area contributed by atoms with Crippen molar-refractivity contribution in [3.05, 3.63) is 0 Å². The predicted octanol–water partition coefficient (Wildman–Crippen LogP) is 1.35. The van der Waals surface area contributed by atoms with Crippen molar-refractivity contribution in [3.8, 4) is 0 Å². The van der Waals surface area contributed by atoms with Crippen LogP contribution in [-0.2, 0) is 14.3 Å². The van der Waals surface area contributed by atoms with Gasteiger partial charge in [0, 0.05) is 26.2 Å². The Morgan fingerprint density at radius 3 is 2.65 bits per heavy atom. The molecule has 2 fully saturated rings. The fraction of sp³-hybridized carbons (Fsp3) is 0.933. The fourth-order valence-corrected chi connectivity index (χ4v) is 2.76. The minimum atomic E-state index is -0.539. The molecule has 1 amide bonds. The Balaban J connectivity index is 1.79. The first kappa shape index (κ1) is 15.7. The highest BCUT2D eigenvalue weighted by molar-refractivity contribution is 5.85. The van der Waals surface area contributed by atoms with E-state index in [1.54, 1.807) is 7.11 Å². The van der Waals surface area contributed by atoms with Crippen LogP contribution in [0.2, 0.25) is 0 Å². The standard InChI is InChI=1S/C15H28N2O3/c1-14(2,19-3)8-9-20-12-6-7-15(10-12,13(16)18)17-11-4-5-11/h11-12,17H,4-10H2,1-3H3,(H2,16,18). The second-order valence-corrected chi connectivity index (χ2v) is 6.81. The van der Waals surface area contributed by atoms with Crippen molar-refractivity contribution in [1.82, 2.24) is 5.32 Å². The lowest BCUT2D eigenvalue weighted by Crippen LogP contribution is -2.54. The van der Waals surface area contributed by atoms with E-state index >= 15 is 0 Å². The molecule has 0 radical (unpaired) electrons. The molecule has 2 atom stereocenters. The molecule has 2 saturated carbocycles. The van der Waals surface area contributed by atoms with Crippen molar-refractivity contribution >= 4 is 5.91 Å². The van der Waals surface area contributed by atoms with Gasteiger partial charge in [-0.2, -0.15) is 0 Å². The third-order valence-electron chi connectivity index (χ3n) is 4.61. The molecule has 2 rings (SSSR count). The van der Waals surface area contributed by atoms with E-state index in [-0.39, 0.29) is 17.6 Å². The van der Waals surface area contributed by atoms with E-state index in [0.717, 1.165) is 32.1 Å². The van der Waals surface area contributed by atoms with Crippen LogP contribution in [-0.4, -0.2) is 42.9 Å². The Hall–Kier alpha value is -0.650. The van der Waals surface area contributed by atoms with Gasteiger partial charge in [0.1, 0.15) is 5.54 Å². The first-order chi connectivity index (χ1) is 9.37. The maximum atomic E-state index is 11.8. The third-order valence-corrected chi connectivity index (χ3v) is 4.61. The lowest BCUT2D eigenvalue weighted by atomic mass is 9.96.